The molecule has 0 unspecified atom stereocenters. The molecule has 4 rings (SSSR count). The van der Waals surface area contributed by atoms with Crippen LogP contribution < -0.4 is 20.5 Å². The minimum atomic E-state index is -4.63. The highest BCUT2D eigenvalue weighted by Gasteiger charge is 2.68. The van der Waals surface area contributed by atoms with Gasteiger partial charge in [-0.25, -0.2) is 4.57 Å². The highest BCUT2D eigenvalue weighted by atomic mass is 31.2. The van der Waals surface area contributed by atoms with Crippen LogP contribution in [0, 0.1) is 0 Å². The van der Waals surface area contributed by atoms with Crippen molar-refractivity contribution in [2.24, 2.45) is 0 Å². The van der Waals surface area contributed by atoms with Crippen molar-refractivity contribution in [3.05, 3.63) is 29.8 Å². The standard InChI is InChI=1S/C23H38N3O11P/c1-12-10-22(29,11-26-9-8-13-4-6-14(7-5-13)37-38(31,32)33)23(30)21(34-12)35-20-18(28)15(24-2)17(27)16(25-3)19(20)36-23/h4-7,12,15-21,24-30H,8-11H2,1-3H3,(H2,31,32,33)/t12-,15-,16+,17+,18+,19-,20-,21+,22-,23-/m1/s1. The summed E-state index contributed by atoms with van der Waals surface area (Å²) >= 11 is 0. The molecule has 1 saturated carbocycles. The van der Waals surface area contributed by atoms with Gasteiger partial charge in [0.2, 0.25) is 12.1 Å². The Kier molecular flexibility index (Phi) is 8.87. The third kappa shape index (κ3) is 5.79. The molecule has 1 aromatic carbocycles. The van der Waals surface area contributed by atoms with Crippen LogP contribution in [0.2, 0.25) is 0 Å². The summed E-state index contributed by atoms with van der Waals surface area (Å²) in [6.07, 6.45) is -5.53. The minimum absolute atomic E-state index is 0.0244. The molecule has 10 atom stereocenters. The van der Waals surface area contributed by atoms with Gasteiger partial charge in [0.05, 0.1) is 24.3 Å². The molecule has 0 radical (unpaired) electrons. The quantitative estimate of drug-likeness (QED) is 0.113. The third-order valence-electron chi connectivity index (χ3n) is 7.50. The summed E-state index contributed by atoms with van der Waals surface area (Å²) in [7, 11) is -1.41. The van der Waals surface area contributed by atoms with E-state index in [4.69, 9.17) is 24.0 Å². The van der Waals surface area contributed by atoms with Gasteiger partial charge < -0.3 is 55.1 Å². The lowest BCUT2D eigenvalue weighted by Crippen LogP contribution is -2.81. The van der Waals surface area contributed by atoms with Gasteiger partial charge >= 0.3 is 7.82 Å². The van der Waals surface area contributed by atoms with Crippen molar-refractivity contribution in [1.82, 2.24) is 16.0 Å². The maximum absolute atomic E-state index is 11.7. The predicted molar refractivity (Wildman–Crippen MR) is 132 cm³/mol. The first-order chi connectivity index (χ1) is 17.8. The van der Waals surface area contributed by atoms with E-state index >= 15 is 0 Å². The van der Waals surface area contributed by atoms with E-state index in [9.17, 15) is 25.0 Å². The van der Waals surface area contributed by atoms with E-state index in [-0.39, 0.29) is 18.7 Å². The molecule has 14 nitrogen and oxygen atoms in total. The first kappa shape index (κ1) is 29.7. The minimum Gasteiger partial charge on any atom is -0.404 e. The SMILES string of the molecule is CN[C@@H]1[C@H](O)[C@H](NC)[C@H]2O[C@]3(O)[C@H](O[C@@H]2[C@H]1O)O[C@H](C)C[C@@]3(O)CNCCc1ccc(OP(=O)(O)O)cc1. The number of phosphoric acid groups is 1. The second-order valence-corrected chi connectivity index (χ2v) is 11.3. The van der Waals surface area contributed by atoms with Crippen LogP contribution in [0.5, 0.6) is 5.75 Å². The lowest BCUT2D eigenvalue weighted by Gasteiger charge is -2.60. The van der Waals surface area contributed by atoms with E-state index in [1.54, 1.807) is 33.2 Å². The molecule has 0 spiro atoms. The molecule has 1 aromatic rings. The van der Waals surface area contributed by atoms with Gasteiger partial charge in [0.1, 0.15) is 29.7 Å². The fourth-order valence-electron chi connectivity index (χ4n) is 5.61. The van der Waals surface area contributed by atoms with Crippen molar-refractivity contribution < 1.29 is 53.5 Å². The maximum atomic E-state index is 11.7. The second kappa shape index (κ2) is 11.3. The summed E-state index contributed by atoms with van der Waals surface area (Å²) in [6.45, 7) is 2.04. The van der Waals surface area contributed by atoms with E-state index < -0.39 is 68.1 Å². The smallest absolute Gasteiger partial charge is 0.404 e. The number of rotatable bonds is 9. The number of benzene rings is 1. The van der Waals surface area contributed by atoms with Gasteiger partial charge in [0.15, 0.2) is 0 Å². The van der Waals surface area contributed by atoms with Gasteiger partial charge in [-0.2, -0.15) is 0 Å². The highest BCUT2D eigenvalue weighted by Crippen LogP contribution is 2.46. The number of aliphatic hydroxyl groups is 4. The normalized spacial score (nSPS) is 41.3. The predicted octanol–water partition coefficient (Wildman–Crippen LogP) is -2.46. The molecule has 15 heteroatoms. The van der Waals surface area contributed by atoms with Crippen LogP contribution >= 0.6 is 7.82 Å². The zero-order valence-corrected chi connectivity index (χ0v) is 22.3. The Balaban J connectivity index is 1.44. The van der Waals surface area contributed by atoms with E-state index in [0.29, 0.717) is 13.0 Å². The number of fused-ring (bicyclic) bond motifs is 2. The summed E-state index contributed by atoms with van der Waals surface area (Å²) < 4.78 is 33.4. The molecule has 2 heterocycles. The molecule has 3 aliphatic rings. The Morgan fingerprint density at radius 2 is 1.68 bits per heavy atom. The van der Waals surface area contributed by atoms with Gasteiger partial charge in [0, 0.05) is 13.0 Å². The number of aliphatic hydroxyl groups excluding tert-OH is 2. The van der Waals surface area contributed by atoms with Gasteiger partial charge in [-0.15, -0.1) is 0 Å². The fraction of sp³-hybridized carbons (Fsp3) is 0.739. The van der Waals surface area contributed by atoms with Crippen LogP contribution in [-0.2, 0) is 25.2 Å². The molecular weight excluding hydrogens is 525 g/mol. The lowest BCUT2D eigenvalue weighted by molar-refractivity contribution is -0.482. The Hall–Kier alpha value is -1.23. The van der Waals surface area contributed by atoms with Gasteiger partial charge in [-0.3, -0.25) is 9.79 Å². The van der Waals surface area contributed by atoms with E-state index in [2.05, 4.69) is 20.5 Å². The van der Waals surface area contributed by atoms with Gasteiger partial charge in [0.25, 0.3) is 0 Å². The number of ether oxygens (including phenoxy) is 3. The molecule has 1 aliphatic carbocycles. The summed E-state index contributed by atoms with van der Waals surface area (Å²) in [6, 6.07) is 4.78. The first-order valence-corrected chi connectivity index (χ1v) is 14.0. The summed E-state index contributed by atoms with van der Waals surface area (Å²) in [5, 5.41) is 54.0. The third-order valence-corrected chi connectivity index (χ3v) is 7.95. The maximum Gasteiger partial charge on any atom is 0.524 e. The van der Waals surface area contributed by atoms with Crippen molar-refractivity contribution in [3.63, 3.8) is 0 Å². The number of hydrogen-bond acceptors (Lipinski definition) is 12. The fourth-order valence-corrected chi connectivity index (χ4v) is 6.01. The average Bonchev–Trinajstić information content (AvgIpc) is 2.83. The van der Waals surface area contributed by atoms with Crippen LogP contribution in [0.25, 0.3) is 0 Å². The average molecular weight is 564 g/mol. The van der Waals surface area contributed by atoms with Crippen molar-refractivity contribution in [2.75, 3.05) is 27.2 Å². The Labute approximate surface area is 220 Å². The van der Waals surface area contributed by atoms with E-state index in [1.807, 2.05) is 0 Å². The molecule has 9 N–H and O–H groups in total. The van der Waals surface area contributed by atoms with Crippen LogP contribution in [0.15, 0.2) is 24.3 Å². The topological polar surface area (TPSA) is 211 Å². The van der Waals surface area contributed by atoms with Crippen molar-refractivity contribution in [3.8, 4) is 5.75 Å². The highest BCUT2D eigenvalue weighted by molar-refractivity contribution is 7.46. The Morgan fingerprint density at radius 1 is 1.03 bits per heavy atom. The summed E-state index contributed by atoms with van der Waals surface area (Å²) in [4.78, 5) is 17.8. The molecule has 0 amide bonds. The molecule has 0 bridgehead atoms. The van der Waals surface area contributed by atoms with E-state index in [1.165, 1.54) is 12.1 Å². The lowest BCUT2D eigenvalue weighted by atomic mass is 9.77. The van der Waals surface area contributed by atoms with Gasteiger partial charge in [-0.05, 0) is 51.7 Å². The molecular formula is C23H38N3O11P. The first-order valence-electron chi connectivity index (χ1n) is 12.5. The molecule has 38 heavy (non-hydrogen) atoms. The molecule has 3 fully saturated rings. The zero-order valence-electron chi connectivity index (χ0n) is 21.4. The second-order valence-electron chi connectivity index (χ2n) is 10.2. The van der Waals surface area contributed by atoms with Crippen molar-refractivity contribution >= 4 is 7.82 Å². The molecule has 2 saturated heterocycles. The molecule has 216 valence electrons. The monoisotopic (exact) mass is 563 g/mol. The number of likely N-dealkylation sites (N-methyl/N-ethyl adjacent to an activating group) is 2. The van der Waals surface area contributed by atoms with Crippen LogP contribution in [0.3, 0.4) is 0 Å². The largest absolute Gasteiger partial charge is 0.524 e. The number of nitrogens with one attached hydrogen (secondary N) is 3. The number of hydrogen-bond donors (Lipinski definition) is 9. The van der Waals surface area contributed by atoms with Gasteiger partial charge in [-0.1, -0.05) is 12.1 Å². The Bertz CT molecular complexity index is 999. The zero-order chi connectivity index (χ0) is 27.9. The van der Waals surface area contributed by atoms with Crippen LogP contribution in [0.1, 0.15) is 18.9 Å². The van der Waals surface area contributed by atoms with Crippen LogP contribution in [-0.4, -0.2) is 118 Å². The van der Waals surface area contributed by atoms with E-state index in [0.717, 1.165) is 5.56 Å². The summed E-state index contributed by atoms with van der Waals surface area (Å²) in [5.74, 6) is -2.25. The van der Waals surface area contributed by atoms with Crippen molar-refractivity contribution in [2.45, 2.75) is 80.0 Å². The van der Waals surface area contributed by atoms with Crippen molar-refractivity contribution in [1.29, 1.82) is 0 Å². The Morgan fingerprint density at radius 3 is 2.29 bits per heavy atom. The number of phosphoric ester groups is 1. The molecule has 0 aromatic heterocycles. The van der Waals surface area contributed by atoms with Crippen LogP contribution in [0.4, 0.5) is 0 Å². The molecule has 2 aliphatic heterocycles. The summed E-state index contributed by atoms with van der Waals surface area (Å²) in [5.41, 5.74) is -0.990.